The van der Waals surface area contributed by atoms with Crippen LogP contribution in [0.2, 0.25) is 0 Å². The Balaban J connectivity index is 1.86. The molecule has 0 aliphatic carbocycles. The zero-order chi connectivity index (χ0) is 17.5. The molecule has 3 unspecified atom stereocenters. The summed E-state index contributed by atoms with van der Waals surface area (Å²) in [5, 5.41) is 13.4. The van der Waals surface area contributed by atoms with Crippen molar-refractivity contribution in [3.8, 4) is 0 Å². The van der Waals surface area contributed by atoms with Crippen LogP contribution in [0.5, 0.6) is 0 Å². The second-order valence-corrected chi connectivity index (χ2v) is 6.86. The predicted octanol–water partition coefficient (Wildman–Crippen LogP) is 2.88. The van der Waals surface area contributed by atoms with Gasteiger partial charge in [0.2, 0.25) is 5.91 Å². The summed E-state index contributed by atoms with van der Waals surface area (Å²) in [5.74, 6) is -0.197. The van der Waals surface area contributed by atoms with Crippen LogP contribution in [-0.2, 0) is 4.79 Å². The van der Waals surface area contributed by atoms with E-state index in [9.17, 15) is 14.3 Å². The quantitative estimate of drug-likeness (QED) is 0.805. The first-order valence-electron chi connectivity index (χ1n) is 8.95. The van der Waals surface area contributed by atoms with Gasteiger partial charge in [-0.1, -0.05) is 25.5 Å². The number of carbonyl (C=O) groups is 1. The fraction of sp³-hybridized carbons (Fsp3) is 0.632. The van der Waals surface area contributed by atoms with E-state index < -0.39 is 6.10 Å². The van der Waals surface area contributed by atoms with Crippen LogP contribution in [0, 0.1) is 11.7 Å². The van der Waals surface area contributed by atoms with Gasteiger partial charge in [-0.15, -0.1) is 0 Å². The van der Waals surface area contributed by atoms with Crippen LogP contribution >= 0.6 is 0 Å². The SMILES string of the molecule is CCCC(C)NC(=O)C1CCCN(CC(O)c2ccc(F)cc2)C1. The molecule has 0 saturated carbocycles. The van der Waals surface area contributed by atoms with E-state index in [0.717, 1.165) is 32.2 Å². The fourth-order valence-corrected chi connectivity index (χ4v) is 3.34. The lowest BCUT2D eigenvalue weighted by Gasteiger charge is -2.33. The first-order valence-corrected chi connectivity index (χ1v) is 8.95. The molecule has 1 saturated heterocycles. The minimum Gasteiger partial charge on any atom is -0.387 e. The topological polar surface area (TPSA) is 52.6 Å². The molecule has 1 aromatic carbocycles. The number of benzene rings is 1. The van der Waals surface area contributed by atoms with Crippen molar-refractivity contribution in [1.29, 1.82) is 0 Å². The Morgan fingerprint density at radius 3 is 2.79 bits per heavy atom. The van der Waals surface area contributed by atoms with Gasteiger partial charge in [-0.25, -0.2) is 4.39 Å². The van der Waals surface area contributed by atoms with Crippen LogP contribution in [0.4, 0.5) is 4.39 Å². The van der Waals surface area contributed by atoms with Crippen LogP contribution in [0.25, 0.3) is 0 Å². The average molecular weight is 336 g/mol. The summed E-state index contributed by atoms with van der Waals surface area (Å²) in [4.78, 5) is 14.5. The van der Waals surface area contributed by atoms with Gasteiger partial charge in [-0.2, -0.15) is 0 Å². The molecule has 1 amide bonds. The highest BCUT2D eigenvalue weighted by atomic mass is 19.1. The second-order valence-electron chi connectivity index (χ2n) is 6.86. The lowest BCUT2D eigenvalue weighted by atomic mass is 9.96. The van der Waals surface area contributed by atoms with Crippen molar-refractivity contribution >= 4 is 5.91 Å². The molecule has 5 heteroatoms. The summed E-state index contributed by atoms with van der Waals surface area (Å²) >= 11 is 0. The highest BCUT2D eigenvalue weighted by Crippen LogP contribution is 2.21. The minimum atomic E-state index is -0.661. The third kappa shape index (κ3) is 5.56. The number of amides is 1. The maximum Gasteiger partial charge on any atom is 0.224 e. The van der Waals surface area contributed by atoms with E-state index in [0.29, 0.717) is 18.7 Å². The summed E-state index contributed by atoms with van der Waals surface area (Å²) in [6.07, 6.45) is 3.24. The van der Waals surface area contributed by atoms with Crippen LogP contribution in [0.1, 0.15) is 51.2 Å². The molecule has 1 fully saturated rings. The number of hydrogen-bond acceptors (Lipinski definition) is 3. The van der Waals surface area contributed by atoms with Gasteiger partial charge in [0.1, 0.15) is 5.82 Å². The van der Waals surface area contributed by atoms with Crippen LogP contribution < -0.4 is 5.32 Å². The van der Waals surface area contributed by atoms with Crippen molar-refractivity contribution in [1.82, 2.24) is 10.2 Å². The van der Waals surface area contributed by atoms with Gasteiger partial charge in [0.25, 0.3) is 0 Å². The number of aliphatic hydroxyl groups is 1. The highest BCUT2D eigenvalue weighted by molar-refractivity contribution is 5.79. The maximum atomic E-state index is 13.0. The third-order valence-corrected chi connectivity index (χ3v) is 4.67. The molecule has 0 spiro atoms. The van der Waals surface area contributed by atoms with Gasteiger partial charge in [0, 0.05) is 19.1 Å². The number of carbonyl (C=O) groups excluding carboxylic acids is 1. The normalized spacial score (nSPS) is 21.2. The molecule has 1 aromatic rings. The lowest BCUT2D eigenvalue weighted by Crippen LogP contribution is -2.46. The zero-order valence-corrected chi connectivity index (χ0v) is 14.7. The van der Waals surface area contributed by atoms with Gasteiger partial charge >= 0.3 is 0 Å². The number of rotatable bonds is 7. The highest BCUT2D eigenvalue weighted by Gasteiger charge is 2.27. The summed E-state index contributed by atoms with van der Waals surface area (Å²) in [7, 11) is 0. The van der Waals surface area contributed by atoms with Crippen LogP contribution in [0.3, 0.4) is 0 Å². The van der Waals surface area contributed by atoms with Crippen molar-refractivity contribution in [2.45, 2.75) is 51.7 Å². The molecule has 0 bridgehead atoms. The van der Waals surface area contributed by atoms with E-state index in [1.165, 1.54) is 12.1 Å². The number of β-amino-alcohol motifs (C(OH)–C–C–N with tert-alkyl or cyclic N) is 1. The maximum absolute atomic E-state index is 13.0. The monoisotopic (exact) mass is 336 g/mol. The summed E-state index contributed by atoms with van der Waals surface area (Å²) in [6, 6.07) is 6.16. The predicted molar refractivity (Wildman–Crippen MR) is 93.0 cm³/mol. The average Bonchev–Trinajstić information content (AvgIpc) is 2.55. The van der Waals surface area contributed by atoms with Gasteiger partial charge in [-0.05, 0) is 50.4 Å². The standard InChI is InChI=1S/C19H29FN2O2/c1-3-5-14(2)21-19(24)16-6-4-11-22(12-16)13-18(23)15-7-9-17(20)10-8-15/h7-10,14,16,18,23H,3-6,11-13H2,1-2H3,(H,21,24). The molecule has 2 N–H and O–H groups in total. The van der Waals surface area contributed by atoms with E-state index in [4.69, 9.17) is 0 Å². The Bertz CT molecular complexity index is 521. The van der Waals surface area contributed by atoms with Gasteiger partial charge in [-0.3, -0.25) is 9.69 Å². The molecular weight excluding hydrogens is 307 g/mol. The lowest BCUT2D eigenvalue weighted by molar-refractivity contribution is -0.127. The minimum absolute atomic E-state index is 0.0153. The van der Waals surface area contributed by atoms with Gasteiger partial charge < -0.3 is 10.4 Å². The van der Waals surface area contributed by atoms with E-state index in [1.807, 2.05) is 6.92 Å². The molecule has 2 rings (SSSR count). The molecule has 24 heavy (non-hydrogen) atoms. The summed E-state index contributed by atoms with van der Waals surface area (Å²) < 4.78 is 13.0. The second kappa shape index (κ2) is 9.14. The number of nitrogens with one attached hydrogen (secondary N) is 1. The number of aliphatic hydroxyl groups excluding tert-OH is 1. The van der Waals surface area contributed by atoms with E-state index in [2.05, 4.69) is 17.1 Å². The molecule has 1 aliphatic heterocycles. The molecular formula is C19H29FN2O2. The van der Waals surface area contributed by atoms with Crippen molar-refractivity contribution in [2.24, 2.45) is 5.92 Å². The van der Waals surface area contributed by atoms with Gasteiger partial charge in [0.15, 0.2) is 0 Å². The fourth-order valence-electron chi connectivity index (χ4n) is 3.34. The Kier molecular flexibility index (Phi) is 7.18. The van der Waals surface area contributed by atoms with E-state index in [-0.39, 0.29) is 23.7 Å². The zero-order valence-electron chi connectivity index (χ0n) is 14.7. The smallest absolute Gasteiger partial charge is 0.224 e. The molecule has 3 atom stereocenters. The largest absolute Gasteiger partial charge is 0.387 e. The first-order chi connectivity index (χ1) is 11.5. The number of hydrogen-bond donors (Lipinski definition) is 2. The molecule has 1 heterocycles. The number of piperidine rings is 1. The molecule has 4 nitrogen and oxygen atoms in total. The number of halogens is 1. The van der Waals surface area contributed by atoms with Crippen molar-refractivity contribution < 1.29 is 14.3 Å². The van der Waals surface area contributed by atoms with Gasteiger partial charge in [0.05, 0.1) is 12.0 Å². The Morgan fingerprint density at radius 1 is 1.42 bits per heavy atom. The van der Waals surface area contributed by atoms with Crippen LogP contribution in [0.15, 0.2) is 24.3 Å². The van der Waals surface area contributed by atoms with E-state index in [1.54, 1.807) is 12.1 Å². The Morgan fingerprint density at radius 2 is 2.12 bits per heavy atom. The van der Waals surface area contributed by atoms with Crippen molar-refractivity contribution in [2.75, 3.05) is 19.6 Å². The first kappa shape index (κ1) is 18.9. The number of nitrogens with zero attached hydrogens (tertiary/aromatic N) is 1. The Hall–Kier alpha value is -1.46. The van der Waals surface area contributed by atoms with Crippen molar-refractivity contribution in [3.05, 3.63) is 35.6 Å². The molecule has 0 aromatic heterocycles. The Labute approximate surface area is 144 Å². The third-order valence-electron chi connectivity index (χ3n) is 4.67. The summed E-state index contributed by atoms with van der Waals surface area (Å²) in [5.41, 5.74) is 0.708. The molecule has 134 valence electrons. The number of likely N-dealkylation sites (tertiary alicyclic amines) is 1. The summed E-state index contributed by atoms with van der Waals surface area (Å²) in [6.45, 7) is 6.18. The van der Waals surface area contributed by atoms with Crippen molar-refractivity contribution in [3.63, 3.8) is 0 Å². The molecule has 0 radical (unpaired) electrons. The van der Waals surface area contributed by atoms with Crippen LogP contribution in [-0.4, -0.2) is 41.6 Å². The molecule has 1 aliphatic rings. The van der Waals surface area contributed by atoms with E-state index >= 15 is 0 Å².